The molecule has 0 spiro atoms. The fourth-order valence-electron chi connectivity index (χ4n) is 5.10. The molecule has 0 radical (unpaired) electrons. The van der Waals surface area contributed by atoms with Crippen molar-refractivity contribution in [2.45, 2.75) is 81.9 Å². The molecule has 0 aliphatic carbocycles. The molecule has 3 aromatic rings. The Hall–Kier alpha value is -3.09. The van der Waals surface area contributed by atoms with Crippen molar-refractivity contribution in [3.63, 3.8) is 0 Å². The third-order valence-corrected chi connectivity index (χ3v) is 8.68. The molecule has 0 saturated carbocycles. The Kier molecular flexibility index (Phi) is 10.2. The normalized spacial score (nSPS) is 14.9. The van der Waals surface area contributed by atoms with E-state index in [4.69, 9.17) is 0 Å². The SMILES string of the molecule is CCC(C)c1ccc(C(CC)CC(CC(C)c2ccc(C(=O)C=O)cc2)c2ccc(S(=O)(=O)O)cc2)cc1. The molecule has 0 aliphatic rings. The van der Waals surface area contributed by atoms with Crippen molar-refractivity contribution < 1.29 is 22.6 Å². The Morgan fingerprint density at radius 2 is 1.18 bits per heavy atom. The molecule has 4 unspecified atom stereocenters. The van der Waals surface area contributed by atoms with E-state index in [9.17, 15) is 22.6 Å². The fourth-order valence-corrected chi connectivity index (χ4v) is 5.58. The van der Waals surface area contributed by atoms with Crippen molar-refractivity contribution in [3.05, 3.63) is 101 Å². The molecule has 0 bridgehead atoms. The highest BCUT2D eigenvalue weighted by Gasteiger charge is 2.23. The first kappa shape index (κ1) is 29.5. The van der Waals surface area contributed by atoms with Crippen LogP contribution in [0.4, 0.5) is 0 Å². The Balaban J connectivity index is 1.89. The van der Waals surface area contributed by atoms with E-state index in [1.807, 2.05) is 12.1 Å². The van der Waals surface area contributed by atoms with Gasteiger partial charge in [0.2, 0.25) is 5.78 Å². The molecule has 4 atom stereocenters. The summed E-state index contributed by atoms with van der Waals surface area (Å²) >= 11 is 0. The molecule has 1 N–H and O–H groups in total. The lowest BCUT2D eigenvalue weighted by Crippen LogP contribution is -2.11. The quantitative estimate of drug-likeness (QED) is 0.105. The van der Waals surface area contributed by atoms with Crippen LogP contribution < -0.4 is 0 Å². The van der Waals surface area contributed by atoms with Crippen LogP contribution in [0, 0.1) is 0 Å². The summed E-state index contributed by atoms with van der Waals surface area (Å²) in [7, 11) is -4.26. The van der Waals surface area contributed by atoms with E-state index in [1.54, 1.807) is 24.3 Å². The van der Waals surface area contributed by atoms with Gasteiger partial charge in [0.15, 0.2) is 6.29 Å². The molecule has 3 rings (SSSR count). The second kappa shape index (κ2) is 13.1. The summed E-state index contributed by atoms with van der Waals surface area (Å²) in [6, 6.07) is 22.6. The predicted molar refractivity (Wildman–Crippen MR) is 152 cm³/mol. The molecular weight excluding hydrogens is 496 g/mol. The maximum Gasteiger partial charge on any atom is 0.294 e. The number of hydrogen-bond acceptors (Lipinski definition) is 4. The molecule has 0 amide bonds. The monoisotopic (exact) mass is 534 g/mol. The maximum atomic E-state index is 11.7. The van der Waals surface area contributed by atoms with Gasteiger partial charge < -0.3 is 0 Å². The highest BCUT2D eigenvalue weighted by molar-refractivity contribution is 7.85. The minimum atomic E-state index is -4.26. The van der Waals surface area contributed by atoms with Crippen molar-refractivity contribution in [1.82, 2.24) is 0 Å². The number of carbonyl (C=O) groups is 2. The predicted octanol–water partition coefficient (Wildman–Crippen LogP) is 7.69. The van der Waals surface area contributed by atoms with Gasteiger partial charge in [-0.1, -0.05) is 88.4 Å². The van der Waals surface area contributed by atoms with E-state index in [1.165, 1.54) is 23.3 Å². The van der Waals surface area contributed by atoms with Crippen LogP contribution >= 0.6 is 0 Å². The minimum Gasteiger partial charge on any atom is -0.294 e. The number of rotatable bonds is 13. The second-order valence-electron chi connectivity index (χ2n) is 10.3. The van der Waals surface area contributed by atoms with Crippen LogP contribution in [0.2, 0.25) is 0 Å². The number of ketones is 1. The van der Waals surface area contributed by atoms with Gasteiger partial charge in [0.25, 0.3) is 10.1 Å². The molecule has 3 aromatic carbocycles. The zero-order valence-corrected chi connectivity index (χ0v) is 23.4. The van der Waals surface area contributed by atoms with E-state index < -0.39 is 15.9 Å². The molecule has 6 heteroatoms. The maximum absolute atomic E-state index is 11.7. The molecule has 38 heavy (non-hydrogen) atoms. The lowest BCUT2D eigenvalue weighted by Gasteiger charge is -2.27. The van der Waals surface area contributed by atoms with Crippen LogP contribution in [0.15, 0.2) is 77.7 Å². The Labute approximate surface area is 227 Å². The number of aldehydes is 1. The smallest absolute Gasteiger partial charge is 0.294 e. The summed E-state index contributed by atoms with van der Waals surface area (Å²) in [5.41, 5.74) is 5.10. The van der Waals surface area contributed by atoms with E-state index in [0.717, 1.165) is 36.8 Å². The van der Waals surface area contributed by atoms with Gasteiger partial charge in [-0.25, -0.2) is 0 Å². The number of Topliss-reactive ketones (excluding diaryl/α,β-unsaturated/α-hetero) is 1. The van der Waals surface area contributed by atoms with Crippen LogP contribution in [-0.4, -0.2) is 25.0 Å². The summed E-state index contributed by atoms with van der Waals surface area (Å²) < 4.78 is 32.6. The zero-order valence-electron chi connectivity index (χ0n) is 22.6. The Morgan fingerprint density at radius 1 is 0.711 bits per heavy atom. The van der Waals surface area contributed by atoms with E-state index >= 15 is 0 Å². The van der Waals surface area contributed by atoms with E-state index in [2.05, 4.69) is 52.0 Å². The molecule has 0 saturated heterocycles. The number of carbonyl (C=O) groups excluding carboxylic acids is 2. The Morgan fingerprint density at radius 3 is 1.68 bits per heavy atom. The van der Waals surface area contributed by atoms with Gasteiger partial charge in [-0.2, -0.15) is 8.42 Å². The van der Waals surface area contributed by atoms with Gasteiger partial charge in [-0.3, -0.25) is 14.1 Å². The van der Waals surface area contributed by atoms with Crippen molar-refractivity contribution in [2.75, 3.05) is 0 Å². The van der Waals surface area contributed by atoms with Gasteiger partial charge in [-0.15, -0.1) is 0 Å². The zero-order chi connectivity index (χ0) is 27.9. The van der Waals surface area contributed by atoms with Crippen molar-refractivity contribution in [3.8, 4) is 0 Å². The molecule has 0 aromatic heterocycles. The molecule has 0 fully saturated rings. The van der Waals surface area contributed by atoms with Crippen LogP contribution in [0.5, 0.6) is 0 Å². The van der Waals surface area contributed by atoms with Gasteiger partial charge in [0, 0.05) is 5.56 Å². The van der Waals surface area contributed by atoms with Crippen LogP contribution in [0.25, 0.3) is 0 Å². The fraction of sp³-hybridized carbons (Fsp3) is 0.375. The molecule has 0 heterocycles. The summed E-state index contributed by atoms with van der Waals surface area (Å²) in [4.78, 5) is 22.4. The van der Waals surface area contributed by atoms with Crippen LogP contribution in [0.1, 0.15) is 110 Å². The van der Waals surface area contributed by atoms with Gasteiger partial charge >= 0.3 is 0 Å². The van der Waals surface area contributed by atoms with Crippen LogP contribution in [-0.2, 0) is 14.9 Å². The summed E-state index contributed by atoms with van der Waals surface area (Å²) in [6.07, 6.45) is 4.09. The molecular formula is C32H38O5S. The first-order valence-corrected chi connectivity index (χ1v) is 14.8. The largest absolute Gasteiger partial charge is 0.294 e. The highest BCUT2D eigenvalue weighted by Crippen LogP contribution is 2.39. The Bertz CT molecular complexity index is 1310. The second-order valence-corrected chi connectivity index (χ2v) is 11.7. The number of hydrogen-bond donors (Lipinski definition) is 1. The lowest BCUT2D eigenvalue weighted by molar-refractivity contribution is -0.104. The number of benzene rings is 3. The van der Waals surface area contributed by atoms with E-state index in [-0.39, 0.29) is 16.7 Å². The topological polar surface area (TPSA) is 88.5 Å². The molecule has 0 aliphatic heterocycles. The van der Waals surface area contributed by atoms with Crippen molar-refractivity contribution in [2.24, 2.45) is 0 Å². The first-order valence-electron chi connectivity index (χ1n) is 13.3. The van der Waals surface area contributed by atoms with Gasteiger partial charge in [0.1, 0.15) is 0 Å². The average Bonchev–Trinajstić information content (AvgIpc) is 2.94. The van der Waals surface area contributed by atoms with E-state index in [0.29, 0.717) is 23.7 Å². The summed E-state index contributed by atoms with van der Waals surface area (Å²) in [5.74, 6) is 0.605. The lowest BCUT2D eigenvalue weighted by atomic mass is 9.78. The van der Waals surface area contributed by atoms with Crippen molar-refractivity contribution in [1.29, 1.82) is 0 Å². The summed E-state index contributed by atoms with van der Waals surface area (Å²) in [6.45, 7) is 8.76. The summed E-state index contributed by atoms with van der Waals surface area (Å²) in [5, 5.41) is 0. The average molecular weight is 535 g/mol. The van der Waals surface area contributed by atoms with Gasteiger partial charge in [-0.05, 0) is 83.7 Å². The molecule has 202 valence electrons. The van der Waals surface area contributed by atoms with Gasteiger partial charge in [0.05, 0.1) is 4.90 Å². The minimum absolute atomic E-state index is 0.115. The standard InChI is InChI=1S/C32H38O5S/c1-5-22(3)25-7-11-27(12-8-25)24(6-2)20-30(28-15-17-31(18-16-28)38(35,36)37)19-23(4)26-9-13-29(14-10-26)32(34)21-33/h7-18,21-24,30H,5-6,19-20H2,1-4H3,(H,35,36,37). The van der Waals surface area contributed by atoms with Crippen LogP contribution in [0.3, 0.4) is 0 Å². The first-order chi connectivity index (χ1) is 18.1. The third kappa shape index (κ3) is 7.49. The van der Waals surface area contributed by atoms with Crippen molar-refractivity contribution >= 4 is 22.2 Å². The molecule has 5 nitrogen and oxygen atoms in total. The third-order valence-electron chi connectivity index (χ3n) is 7.81. The highest BCUT2D eigenvalue weighted by atomic mass is 32.2.